The van der Waals surface area contributed by atoms with Crippen LogP contribution in [0.5, 0.6) is 0 Å². The summed E-state index contributed by atoms with van der Waals surface area (Å²) in [5, 5.41) is 0. The maximum Gasteiger partial charge on any atom is 0.0135 e. The first-order chi connectivity index (χ1) is 6.65. The van der Waals surface area contributed by atoms with Gasteiger partial charge in [0.1, 0.15) is 0 Å². The van der Waals surface area contributed by atoms with Gasteiger partial charge in [-0.15, -0.1) is 11.8 Å². The summed E-state index contributed by atoms with van der Waals surface area (Å²) in [4.78, 5) is 1.14. The minimum absolute atomic E-state index is 0.976. The van der Waals surface area contributed by atoms with E-state index in [0.29, 0.717) is 0 Å². The molecule has 0 heterocycles. The van der Waals surface area contributed by atoms with Gasteiger partial charge >= 0.3 is 0 Å². The Morgan fingerprint density at radius 1 is 1.29 bits per heavy atom. The first-order valence-corrected chi connectivity index (χ1v) is 5.80. The van der Waals surface area contributed by atoms with Crippen LogP contribution in [0.3, 0.4) is 0 Å². The van der Waals surface area contributed by atoms with Crippen LogP contribution in [0.25, 0.3) is 0 Å². The summed E-state index contributed by atoms with van der Waals surface area (Å²) in [6, 6.07) is 0. The van der Waals surface area contributed by atoms with Gasteiger partial charge in [-0.2, -0.15) is 0 Å². The van der Waals surface area contributed by atoms with Crippen molar-refractivity contribution in [3.05, 3.63) is 60.1 Å². The third-order valence-corrected chi connectivity index (χ3v) is 2.62. The zero-order valence-corrected chi connectivity index (χ0v) is 9.86. The van der Waals surface area contributed by atoms with Crippen LogP contribution in [0.4, 0.5) is 0 Å². The van der Waals surface area contributed by atoms with E-state index < -0.39 is 0 Å². The molecule has 0 aliphatic carbocycles. The molecule has 0 aliphatic heterocycles. The van der Waals surface area contributed by atoms with Gasteiger partial charge in [0.05, 0.1) is 0 Å². The van der Waals surface area contributed by atoms with Crippen LogP contribution in [-0.2, 0) is 0 Å². The number of hydrogen-bond donors (Lipinski definition) is 0. The highest BCUT2D eigenvalue weighted by Crippen LogP contribution is 2.21. The molecule has 0 rings (SSSR count). The molecule has 0 bridgehead atoms. The Bertz CT molecular complexity index is 280. The van der Waals surface area contributed by atoms with E-state index in [9.17, 15) is 0 Å². The van der Waals surface area contributed by atoms with Crippen LogP contribution in [0.15, 0.2) is 60.1 Å². The lowest BCUT2D eigenvalue weighted by atomic mass is 10.1. The molecular weight excluding hydrogens is 188 g/mol. The van der Waals surface area contributed by atoms with Gasteiger partial charge in [-0.3, -0.25) is 0 Å². The van der Waals surface area contributed by atoms with Gasteiger partial charge in [0.2, 0.25) is 0 Å². The Morgan fingerprint density at radius 3 is 2.36 bits per heavy atom. The first-order valence-electron chi connectivity index (χ1n) is 4.57. The largest absolute Gasteiger partial charge is 0.129 e. The second kappa shape index (κ2) is 7.45. The van der Waals surface area contributed by atoms with Crippen molar-refractivity contribution in [2.45, 2.75) is 13.3 Å². The lowest BCUT2D eigenvalue weighted by molar-refractivity contribution is 1.16. The summed E-state index contributed by atoms with van der Waals surface area (Å²) in [7, 11) is 0. The van der Waals surface area contributed by atoms with Gasteiger partial charge in [-0.05, 0) is 24.3 Å². The third-order valence-electron chi connectivity index (χ3n) is 1.78. The number of rotatable bonds is 6. The topological polar surface area (TPSA) is 0 Å². The molecule has 0 radical (unpaired) electrons. The van der Waals surface area contributed by atoms with E-state index >= 15 is 0 Å². The summed E-state index contributed by atoms with van der Waals surface area (Å²) in [6.07, 6.45) is 10.8. The second-order valence-corrected chi connectivity index (χ2v) is 3.69. The molecule has 0 aromatic heterocycles. The molecular formula is C13H18S. The molecule has 0 nitrogen and oxygen atoms in total. The highest BCUT2D eigenvalue weighted by atomic mass is 32.2. The van der Waals surface area contributed by atoms with Crippen LogP contribution in [0.2, 0.25) is 0 Å². The van der Waals surface area contributed by atoms with Crippen molar-refractivity contribution < 1.29 is 0 Å². The van der Waals surface area contributed by atoms with E-state index in [2.05, 4.69) is 26.7 Å². The van der Waals surface area contributed by atoms with Crippen molar-refractivity contribution in [1.82, 2.24) is 0 Å². The third kappa shape index (κ3) is 4.93. The van der Waals surface area contributed by atoms with Crippen molar-refractivity contribution in [2.24, 2.45) is 0 Å². The van der Waals surface area contributed by atoms with Crippen molar-refractivity contribution in [3.63, 3.8) is 0 Å². The van der Waals surface area contributed by atoms with Gasteiger partial charge < -0.3 is 0 Å². The minimum atomic E-state index is 0.976. The van der Waals surface area contributed by atoms with Gasteiger partial charge in [-0.25, -0.2) is 0 Å². The van der Waals surface area contributed by atoms with Crippen LogP contribution in [0, 0.1) is 0 Å². The molecule has 0 atom stereocenters. The van der Waals surface area contributed by atoms with Gasteiger partial charge in [0.15, 0.2) is 0 Å². The second-order valence-electron chi connectivity index (χ2n) is 2.84. The Labute approximate surface area is 91.8 Å². The van der Waals surface area contributed by atoms with Crippen LogP contribution in [-0.4, -0.2) is 6.26 Å². The predicted molar refractivity (Wildman–Crippen MR) is 69.5 cm³/mol. The zero-order chi connectivity index (χ0) is 11.0. The smallest absolute Gasteiger partial charge is 0.0135 e. The fraction of sp³-hybridized carbons (Fsp3) is 0.231. The average Bonchev–Trinajstić information content (AvgIpc) is 2.21. The molecule has 0 amide bonds. The summed E-state index contributed by atoms with van der Waals surface area (Å²) in [5.41, 5.74) is 2.12. The predicted octanol–water partition coefficient (Wildman–Crippen LogP) is 4.50. The molecule has 0 aromatic carbocycles. The van der Waals surface area contributed by atoms with Crippen LogP contribution < -0.4 is 0 Å². The molecule has 1 heteroatoms. The van der Waals surface area contributed by atoms with Gasteiger partial charge in [0.25, 0.3) is 0 Å². The molecule has 0 fully saturated rings. The molecule has 0 N–H and O–H groups in total. The van der Waals surface area contributed by atoms with E-state index in [-0.39, 0.29) is 0 Å². The molecule has 14 heavy (non-hydrogen) atoms. The molecule has 0 unspecified atom stereocenters. The SMILES string of the molecule is C=C/C=C(\SC)C(=C)/C=C\C(=C)CC. The lowest BCUT2D eigenvalue weighted by Crippen LogP contribution is -1.79. The van der Waals surface area contributed by atoms with E-state index in [4.69, 9.17) is 0 Å². The Morgan fingerprint density at radius 2 is 1.93 bits per heavy atom. The van der Waals surface area contributed by atoms with E-state index in [0.717, 1.165) is 22.5 Å². The van der Waals surface area contributed by atoms with Gasteiger partial charge in [-0.1, -0.05) is 50.5 Å². The molecule has 76 valence electrons. The molecule has 0 aromatic rings. The maximum atomic E-state index is 3.99. The van der Waals surface area contributed by atoms with E-state index in [1.165, 1.54) is 0 Å². The summed E-state index contributed by atoms with van der Waals surface area (Å²) in [6.45, 7) is 13.6. The highest BCUT2D eigenvalue weighted by molar-refractivity contribution is 8.02. The number of allylic oxidation sites excluding steroid dienone is 6. The Kier molecular flexibility index (Phi) is 6.95. The maximum absolute atomic E-state index is 3.99. The monoisotopic (exact) mass is 206 g/mol. The number of hydrogen-bond acceptors (Lipinski definition) is 1. The fourth-order valence-electron chi connectivity index (χ4n) is 0.832. The Balaban J connectivity index is 4.46. The van der Waals surface area contributed by atoms with Crippen LogP contribution >= 0.6 is 11.8 Å². The quantitative estimate of drug-likeness (QED) is 0.577. The van der Waals surface area contributed by atoms with Crippen molar-refractivity contribution in [3.8, 4) is 0 Å². The van der Waals surface area contributed by atoms with Crippen LogP contribution in [0.1, 0.15) is 13.3 Å². The normalized spacial score (nSPS) is 11.7. The molecule has 0 saturated heterocycles. The lowest BCUT2D eigenvalue weighted by Gasteiger charge is -2.02. The van der Waals surface area contributed by atoms with Crippen molar-refractivity contribution >= 4 is 11.8 Å². The molecule has 0 aliphatic rings. The Hall–Kier alpha value is -0.950. The van der Waals surface area contributed by atoms with Gasteiger partial charge in [0, 0.05) is 4.91 Å². The summed E-state index contributed by atoms with van der Waals surface area (Å²) < 4.78 is 0. The minimum Gasteiger partial charge on any atom is -0.129 e. The highest BCUT2D eigenvalue weighted by Gasteiger charge is 1.95. The standard InChI is InChI=1S/C13H18S/c1-6-8-13(14-5)12(4)10-9-11(3)7-2/h6,8-10H,1,3-4,7H2,2,5H3/b10-9-,13-8-. The average molecular weight is 206 g/mol. The fourth-order valence-corrected chi connectivity index (χ4v) is 1.39. The zero-order valence-electron chi connectivity index (χ0n) is 9.05. The first kappa shape index (κ1) is 13.1. The number of thioether (sulfide) groups is 1. The van der Waals surface area contributed by atoms with Crippen molar-refractivity contribution in [1.29, 1.82) is 0 Å². The summed E-state index contributed by atoms with van der Waals surface area (Å²) in [5.74, 6) is 0. The molecule has 0 spiro atoms. The van der Waals surface area contributed by atoms with Crippen molar-refractivity contribution in [2.75, 3.05) is 6.26 Å². The van der Waals surface area contributed by atoms with E-state index in [1.54, 1.807) is 17.8 Å². The molecule has 0 saturated carbocycles. The van der Waals surface area contributed by atoms with E-state index in [1.807, 2.05) is 24.5 Å². The summed E-state index contributed by atoms with van der Waals surface area (Å²) >= 11 is 1.67.